The predicted molar refractivity (Wildman–Crippen MR) is 112 cm³/mol. The Labute approximate surface area is 194 Å². The summed E-state index contributed by atoms with van der Waals surface area (Å²) in [6.07, 6.45) is -0.985. The molecule has 0 spiro atoms. The number of aromatic nitrogens is 1. The summed E-state index contributed by atoms with van der Waals surface area (Å²) >= 11 is 0. The minimum Gasteiger partial charge on any atom is -0.493 e. The number of hydrogen-bond donors (Lipinski definition) is 0. The number of alkyl halides is 3. The molecule has 2 aromatic carbocycles. The Morgan fingerprint density at radius 1 is 0.914 bits per heavy atom. The first-order valence-electron chi connectivity index (χ1n) is 10.0. The highest BCUT2D eigenvalue weighted by atomic mass is 19.4. The molecule has 0 atom stereocenters. The molecule has 35 heavy (non-hydrogen) atoms. The van der Waals surface area contributed by atoms with E-state index in [4.69, 9.17) is 9.47 Å². The van der Waals surface area contributed by atoms with E-state index in [0.717, 1.165) is 30.5 Å². The van der Waals surface area contributed by atoms with Crippen LogP contribution in [0, 0.1) is 23.3 Å². The molecule has 0 radical (unpaired) electrons. The van der Waals surface area contributed by atoms with E-state index >= 15 is 0 Å². The van der Waals surface area contributed by atoms with Crippen LogP contribution in [0.4, 0.5) is 30.7 Å². The van der Waals surface area contributed by atoms with Crippen molar-refractivity contribution in [1.29, 1.82) is 0 Å². The van der Waals surface area contributed by atoms with Crippen molar-refractivity contribution >= 4 is 18.1 Å². The van der Waals surface area contributed by atoms with Crippen molar-refractivity contribution < 1.29 is 45.0 Å². The third-order valence-corrected chi connectivity index (χ3v) is 4.47. The van der Waals surface area contributed by atoms with E-state index in [9.17, 15) is 35.5 Å². The van der Waals surface area contributed by atoms with Gasteiger partial charge in [-0.1, -0.05) is 19.1 Å². The Balaban J connectivity index is 1.72. The van der Waals surface area contributed by atoms with Gasteiger partial charge in [0.1, 0.15) is 46.0 Å². The van der Waals surface area contributed by atoms with Crippen LogP contribution in [-0.2, 0) is 6.18 Å². The Kier molecular flexibility index (Phi) is 7.78. The molecule has 1 aromatic heterocycles. The fourth-order valence-electron chi connectivity index (χ4n) is 2.87. The summed E-state index contributed by atoms with van der Waals surface area (Å²) in [6, 6.07) is 5.02. The molecule has 0 aliphatic carbocycles. The zero-order chi connectivity index (χ0) is 25.8. The molecule has 184 valence electrons. The number of ether oxygens (including phenoxy) is 2. The molecule has 0 N–H and O–H groups in total. The summed E-state index contributed by atoms with van der Waals surface area (Å²) in [5, 5.41) is 0. The predicted octanol–water partition coefficient (Wildman–Crippen LogP) is 6.84. The number of hydrogen-bond acceptors (Lipinski definition) is 4. The average molecular weight is 499 g/mol. The lowest BCUT2D eigenvalue weighted by Crippen LogP contribution is -2.14. The topological polar surface area (TPSA) is 48.4 Å². The molecule has 0 fully saturated rings. The van der Waals surface area contributed by atoms with E-state index in [1.54, 1.807) is 0 Å². The van der Waals surface area contributed by atoms with Crippen LogP contribution in [0.3, 0.4) is 0 Å². The molecule has 3 aromatic rings. The van der Waals surface area contributed by atoms with E-state index in [1.807, 2.05) is 6.92 Å². The van der Waals surface area contributed by atoms with Crippen LogP contribution < -0.4 is 9.47 Å². The van der Waals surface area contributed by atoms with Crippen molar-refractivity contribution in [2.24, 2.45) is 0 Å². The molecule has 0 saturated heterocycles. The van der Waals surface area contributed by atoms with Gasteiger partial charge in [0.25, 0.3) is 0 Å². The number of esters is 1. The minimum atomic E-state index is -5.27. The molecular weight excluding hydrogens is 483 g/mol. The first kappa shape index (κ1) is 25.7. The van der Waals surface area contributed by atoms with Gasteiger partial charge in [0, 0.05) is 36.0 Å². The largest absolute Gasteiger partial charge is 0.493 e. The second kappa shape index (κ2) is 10.6. The number of halogens is 7. The Morgan fingerprint density at radius 3 is 2.03 bits per heavy atom. The molecular formula is C24H16F7NO3. The lowest BCUT2D eigenvalue weighted by molar-refractivity contribution is -0.142. The van der Waals surface area contributed by atoms with Gasteiger partial charge in [0.15, 0.2) is 0 Å². The molecule has 0 aliphatic heterocycles. The van der Waals surface area contributed by atoms with Crippen molar-refractivity contribution in [3.8, 4) is 11.5 Å². The van der Waals surface area contributed by atoms with Gasteiger partial charge in [-0.3, -0.25) is 0 Å². The zero-order valence-electron chi connectivity index (χ0n) is 17.9. The lowest BCUT2D eigenvalue weighted by atomic mass is 10.1. The molecule has 1 heterocycles. The maximum Gasteiger partial charge on any atom is 0.422 e. The third kappa shape index (κ3) is 6.37. The van der Waals surface area contributed by atoms with Gasteiger partial charge in [-0.05, 0) is 24.1 Å². The average Bonchev–Trinajstić information content (AvgIpc) is 2.76. The quantitative estimate of drug-likeness (QED) is 0.203. The van der Waals surface area contributed by atoms with E-state index in [1.165, 1.54) is 12.1 Å². The number of carbonyl (C=O) groups excluding carboxylic acids is 1. The van der Waals surface area contributed by atoms with Crippen LogP contribution in [0.2, 0.25) is 0 Å². The molecule has 4 nitrogen and oxygen atoms in total. The van der Waals surface area contributed by atoms with Gasteiger partial charge >= 0.3 is 12.1 Å². The summed E-state index contributed by atoms with van der Waals surface area (Å²) in [6.45, 7) is 2.15. The molecule has 0 bridgehead atoms. The Hall–Kier alpha value is -3.89. The van der Waals surface area contributed by atoms with Gasteiger partial charge in [0.05, 0.1) is 6.61 Å². The maximum absolute atomic E-state index is 14.2. The van der Waals surface area contributed by atoms with Crippen LogP contribution >= 0.6 is 0 Å². The highest BCUT2D eigenvalue weighted by molar-refractivity contribution is 5.89. The monoisotopic (exact) mass is 499 g/mol. The minimum absolute atomic E-state index is 0.0522. The lowest BCUT2D eigenvalue weighted by Gasteiger charge is -2.11. The summed E-state index contributed by atoms with van der Waals surface area (Å²) in [7, 11) is 0. The van der Waals surface area contributed by atoms with Crippen LogP contribution in [0.5, 0.6) is 11.5 Å². The molecule has 3 rings (SSSR count). The van der Waals surface area contributed by atoms with Gasteiger partial charge < -0.3 is 9.47 Å². The zero-order valence-corrected chi connectivity index (χ0v) is 17.9. The molecule has 0 amide bonds. The van der Waals surface area contributed by atoms with E-state index in [2.05, 4.69) is 4.98 Å². The van der Waals surface area contributed by atoms with E-state index in [0.29, 0.717) is 18.6 Å². The first-order chi connectivity index (χ1) is 16.5. The second-order valence-electron chi connectivity index (χ2n) is 7.11. The fourth-order valence-corrected chi connectivity index (χ4v) is 2.87. The summed E-state index contributed by atoms with van der Waals surface area (Å²) in [5.74, 6) is -7.53. The summed E-state index contributed by atoms with van der Waals surface area (Å²) in [4.78, 5) is 15.9. The third-order valence-electron chi connectivity index (χ3n) is 4.47. The number of nitrogens with zero attached hydrogens (tertiary/aromatic N) is 1. The standard InChI is InChI=1S/C24H16F7NO3/c1-2-7-34-14-8-17(25)16(18(26)9-14)5-3-13-4-6-21(32-12-13)23(33)35-15-10-19(27)22(20(28)11-15)24(29,30)31/h3-6,8-12H,2,7H2,1H3/b5-3+. The van der Waals surface area contributed by atoms with Crippen LogP contribution in [0.1, 0.15) is 40.5 Å². The van der Waals surface area contributed by atoms with Gasteiger partial charge in [0.2, 0.25) is 0 Å². The van der Waals surface area contributed by atoms with Crippen molar-refractivity contribution in [3.05, 3.63) is 88.2 Å². The second-order valence-corrected chi connectivity index (χ2v) is 7.11. The SMILES string of the molecule is CCCOc1cc(F)c(/C=C/c2ccc(C(=O)Oc3cc(F)c(C(F)(F)F)c(F)c3)nc2)c(F)c1. The number of benzene rings is 2. The molecule has 11 heteroatoms. The number of carbonyl (C=O) groups is 1. The van der Waals surface area contributed by atoms with Gasteiger partial charge in [-0.2, -0.15) is 13.2 Å². The van der Waals surface area contributed by atoms with E-state index < -0.39 is 46.7 Å². The highest BCUT2D eigenvalue weighted by Gasteiger charge is 2.38. The summed E-state index contributed by atoms with van der Waals surface area (Å²) in [5.41, 5.74) is -2.44. The van der Waals surface area contributed by atoms with Gasteiger partial charge in [-0.25, -0.2) is 27.3 Å². The first-order valence-corrected chi connectivity index (χ1v) is 10.0. The van der Waals surface area contributed by atoms with Crippen molar-refractivity contribution in [2.45, 2.75) is 19.5 Å². The van der Waals surface area contributed by atoms with Crippen LogP contribution in [0.25, 0.3) is 12.2 Å². The van der Waals surface area contributed by atoms with Crippen molar-refractivity contribution in [3.63, 3.8) is 0 Å². The Bertz CT molecular complexity index is 1210. The summed E-state index contributed by atoms with van der Waals surface area (Å²) < 4.78 is 103. The van der Waals surface area contributed by atoms with Crippen LogP contribution in [-0.4, -0.2) is 17.6 Å². The number of pyridine rings is 1. The van der Waals surface area contributed by atoms with Gasteiger partial charge in [-0.15, -0.1) is 0 Å². The smallest absolute Gasteiger partial charge is 0.422 e. The molecule has 0 unspecified atom stereocenters. The molecule has 0 aliphatic rings. The number of rotatable bonds is 7. The Morgan fingerprint density at radius 2 is 1.51 bits per heavy atom. The highest BCUT2D eigenvalue weighted by Crippen LogP contribution is 2.35. The van der Waals surface area contributed by atoms with E-state index in [-0.39, 0.29) is 29.1 Å². The van der Waals surface area contributed by atoms with Crippen LogP contribution in [0.15, 0.2) is 42.6 Å². The maximum atomic E-state index is 14.2. The fraction of sp³-hybridized carbons (Fsp3) is 0.167. The van der Waals surface area contributed by atoms with Crippen molar-refractivity contribution in [2.75, 3.05) is 6.61 Å². The normalized spacial score (nSPS) is 11.7. The molecule has 0 saturated carbocycles. The van der Waals surface area contributed by atoms with Crippen molar-refractivity contribution in [1.82, 2.24) is 4.98 Å².